The molecule has 102 valence electrons. The maximum absolute atomic E-state index is 3.57. The molecule has 1 unspecified atom stereocenters. The highest BCUT2D eigenvalue weighted by Crippen LogP contribution is 2.26. The first kappa shape index (κ1) is 15.1. The summed E-state index contributed by atoms with van der Waals surface area (Å²) in [6.07, 6.45) is 4.94. The van der Waals surface area contributed by atoms with Gasteiger partial charge in [-0.2, -0.15) is 0 Å². The molecular formula is C17H29N. The number of anilines is 1. The Kier molecular flexibility index (Phi) is 6.24. The van der Waals surface area contributed by atoms with Crippen LogP contribution in [0.1, 0.15) is 70.9 Å². The number of nitrogens with one attached hydrogen (secondary N) is 1. The molecule has 1 nitrogen and oxygen atoms in total. The molecule has 1 atom stereocenters. The van der Waals surface area contributed by atoms with E-state index in [-0.39, 0.29) is 0 Å². The SMILES string of the molecule is CCCCc1cc(C(C)CC)ccc1NC(C)C. The monoisotopic (exact) mass is 247 g/mol. The van der Waals surface area contributed by atoms with Crippen LogP contribution in [-0.2, 0) is 6.42 Å². The molecule has 1 aromatic carbocycles. The second kappa shape index (κ2) is 7.45. The predicted octanol–water partition coefficient (Wildman–Crippen LogP) is 5.36. The summed E-state index contributed by atoms with van der Waals surface area (Å²) in [6.45, 7) is 11.2. The van der Waals surface area contributed by atoms with E-state index in [9.17, 15) is 0 Å². The normalized spacial score (nSPS) is 12.8. The molecule has 0 amide bonds. The van der Waals surface area contributed by atoms with E-state index in [0.717, 1.165) is 0 Å². The minimum atomic E-state index is 0.500. The first-order valence-corrected chi connectivity index (χ1v) is 7.47. The number of hydrogen-bond acceptors (Lipinski definition) is 1. The molecular weight excluding hydrogens is 218 g/mol. The Morgan fingerprint density at radius 3 is 2.39 bits per heavy atom. The van der Waals surface area contributed by atoms with E-state index in [1.807, 2.05) is 0 Å². The Hall–Kier alpha value is -0.980. The van der Waals surface area contributed by atoms with Crippen molar-refractivity contribution < 1.29 is 0 Å². The summed E-state index contributed by atoms with van der Waals surface area (Å²) in [5.74, 6) is 0.665. The summed E-state index contributed by atoms with van der Waals surface area (Å²) in [6, 6.07) is 7.47. The fourth-order valence-electron chi connectivity index (χ4n) is 2.18. The maximum Gasteiger partial charge on any atom is 0.0374 e. The molecule has 0 aromatic heterocycles. The van der Waals surface area contributed by atoms with Crippen molar-refractivity contribution in [2.75, 3.05) is 5.32 Å². The van der Waals surface area contributed by atoms with Crippen molar-refractivity contribution in [3.8, 4) is 0 Å². The summed E-state index contributed by atoms with van der Waals surface area (Å²) in [4.78, 5) is 0. The Labute approximate surface area is 113 Å². The van der Waals surface area contributed by atoms with Crippen molar-refractivity contribution in [3.63, 3.8) is 0 Å². The zero-order valence-corrected chi connectivity index (χ0v) is 12.7. The van der Waals surface area contributed by atoms with E-state index in [2.05, 4.69) is 58.1 Å². The van der Waals surface area contributed by atoms with Crippen molar-refractivity contribution in [1.82, 2.24) is 0 Å². The van der Waals surface area contributed by atoms with Crippen molar-refractivity contribution in [2.24, 2.45) is 0 Å². The van der Waals surface area contributed by atoms with E-state index in [4.69, 9.17) is 0 Å². The molecule has 0 fully saturated rings. The zero-order chi connectivity index (χ0) is 13.5. The minimum absolute atomic E-state index is 0.500. The lowest BCUT2D eigenvalue weighted by Gasteiger charge is -2.18. The third kappa shape index (κ3) is 4.36. The van der Waals surface area contributed by atoms with Gasteiger partial charge in [-0.25, -0.2) is 0 Å². The summed E-state index contributed by atoms with van der Waals surface area (Å²) in [5.41, 5.74) is 4.30. The smallest absolute Gasteiger partial charge is 0.0374 e. The Morgan fingerprint density at radius 1 is 1.11 bits per heavy atom. The highest BCUT2D eigenvalue weighted by atomic mass is 14.9. The van der Waals surface area contributed by atoms with Gasteiger partial charge in [0.05, 0.1) is 0 Å². The fourth-order valence-corrected chi connectivity index (χ4v) is 2.18. The van der Waals surface area contributed by atoms with Crippen LogP contribution in [0.4, 0.5) is 5.69 Å². The van der Waals surface area contributed by atoms with Crippen LogP contribution in [0.15, 0.2) is 18.2 Å². The van der Waals surface area contributed by atoms with E-state index in [0.29, 0.717) is 12.0 Å². The lowest BCUT2D eigenvalue weighted by atomic mass is 9.94. The first-order valence-electron chi connectivity index (χ1n) is 7.47. The first-order chi connectivity index (χ1) is 8.58. The second-order valence-corrected chi connectivity index (χ2v) is 5.63. The third-order valence-corrected chi connectivity index (χ3v) is 3.55. The van der Waals surface area contributed by atoms with Gasteiger partial charge in [0.15, 0.2) is 0 Å². The molecule has 0 heterocycles. The number of aryl methyl sites for hydroxylation is 1. The van der Waals surface area contributed by atoms with Crippen LogP contribution in [0.25, 0.3) is 0 Å². The lowest BCUT2D eigenvalue weighted by Crippen LogP contribution is -2.12. The van der Waals surface area contributed by atoms with Gasteiger partial charge < -0.3 is 5.32 Å². The molecule has 0 saturated heterocycles. The topological polar surface area (TPSA) is 12.0 Å². The van der Waals surface area contributed by atoms with Gasteiger partial charge >= 0.3 is 0 Å². The second-order valence-electron chi connectivity index (χ2n) is 5.63. The highest BCUT2D eigenvalue weighted by Gasteiger charge is 2.08. The summed E-state index contributed by atoms with van der Waals surface area (Å²) >= 11 is 0. The molecule has 18 heavy (non-hydrogen) atoms. The number of rotatable bonds is 7. The zero-order valence-electron chi connectivity index (χ0n) is 12.7. The van der Waals surface area contributed by atoms with Crippen LogP contribution in [0, 0.1) is 0 Å². The predicted molar refractivity (Wildman–Crippen MR) is 82.5 cm³/mol. The molecule has 0 aliphatic carbocycles. The van der Waals surface area contributed by atoms with Crippen LogP contribution in [0.3, 0.4) is 0 Å². The van der Waals surface area contributed by atoms with Gasteiger partial charge in [-0.3, -0.25) is 0 Å². The highest BCUT2D eigenvalue weighted by molar-refractivity contribution is 5.53. The van der Waals surface area contributed by atoms with Crippen molar-refractivity contribution in [2.45, 2.75) is 72.3 Å². The van der Waals surface area contributed by atoms with Crippen LogP contribution >= 0.6 is 0 Å². The molecule has 0 radical (unpaired) electrons. The summed E-state index contributed by atoms with van der Waals surface area (Å²) in [7, 11) is 0. The quantitative estimate of drug-likeness (QED) is 0.683. The molecule has 1 N–H and O–H groups in total. The third-order valence-electron chi connectivity index (χ3n) is 3.55. The van der Waals surface area contributed by atoms with Crippen LogP contribution in [-0.4, -0.2) is 6.04 Å². The number of hydrogen-bond donors (Lipinski definition) is 1. The Balaban J connectivity index is 2.95. The molecule has 1 heteroatoms. The molecule has 0 aliphatic rings. The van der Waals surface area contributed by atoms with E-state index >= 15 is 0 Å². The van der Waals surface area contributed by atoms with Gasteiger partial charge in [-0.05, 0) is 56.2 Å². The van der Waals surface area contributed by atoms with Gasteiger partial charge in [0, 0.05) is 11.7 Å². The van der Waals surface area contributed by atoms with Gasteiger partial charge in [-0.15, -0.1) is 0 Å². The van der Waals surface area contributed by atoms with Crippen molar-refractivity contribution in [3.05, 3.63) is 29.3 Å². The molecule has 0 saturated carbocycles. The summed E-state index contributed by atoms with van der Waals surface area (Å²) in [5, 5.41) is 3.57. The van der Waals surface area contributed by atoms with Crippen molar-refractivity contribution in [1.29, 1.82) is 0 Å². The average molecular weight is 247 g/mol. The molecule has 1 rings (SSSR count). The van der Waals surface area contributed by atoms with Crippen molar-refractivity contribution >= 4 is 5.69 Å². The van der Waals surface area contributed by atoms with Crippen LogP contribution < -0.4 is 5.32 Å². The summed E-state index contributed by atoms with van der Waals surface area (Å²) < 4.78 is 0. The van der Waals surface area contributed by atoms with Gasteiger partial charge in [-0.1, -0.05) is 39.3 Å². The van der Waals surface area contributed by atoms with E-state index in [1.165, 1.54) is 42.5 Å². The number of benzene rings is 1. The van der Waals surface area contributed by atoms with E-state index in [1.54, 1.807) is 0 Å². The lowest BCUT2D eigenvalue weighted by molar-refractivity contribution is 0.728. The average Bonchev–Trinajstić information content (AvgIpc) is 2.36. The minimum Gasteiger partial charge on any atom is -0.383 e. The molecule has 0 bridgehead atoms. The fraction of sp³-hybridized carbons (Fsp3) is 0.647. The van der Waals surface area contributed by atoms with Gasteiger partial charge in [0.2, 0.25) is 0 Å². The van der Waals surface area contributed by atoms with E-state index < -0.39 is 0 Å². The Morgan fingerprint density at radius 2 is 1.83 bits per heavy atom. The largest absolute Gasteiger partial charge is 0.383 e. The molecule has 1 aromatic rings. The van der Waals surface area contributed by atoms with Gasteiger partial charge in [0.25, 0.3) is 0 Å². The van der Waals surface area contributed by atoms with Gasteiger partial charge in [0.1, 0.15) is 0 Å². The maximum atomic E-state index is 3.57. The molecule has 0 aliphatic heterocycles. The number of unbranched alkanes of at least 4 members (excludes halogenated alkanes) is 1. The molecule has 0 spiro atoms. The Bertz CT molecular complexity index is 355. The van der Waals surface area contributed by atoms with Crippen LogP contribution in [0.2, 0.25) is 0 Å². The standard InChI is InChI=1S/C17H29N/c1-6-8-9-16-12-15(14(5)7-2)10-11-17(16)18-13(3)4/h10-14,18H,6-9H2,1-5H3. The van der Waals surface area contributed by atoms with Crippen LogP contribution in [0.5, 0.6) is 0 Å².